The zero-order valence-corrected chi connectivity index (χ0v) is 60.9. The van der Waals surface area contributed by atoms with Crippen LogP contribution in [-0.4, -0.2) is 60.0 Å². The molecule has 0 spiro atoms. The lowest BCUT2D eigenvalue weighted by atomic mass is 10.1. The molecule has 0 fully saturated rings. The summed E-state index contributed by atoms with van der Waals surface area (Å²) >= 11 is 0. The second-order valence-electron chi connectivity index (χ2n) is 26.9. The first-order chi connectivity index (χ1) is 46.5. The largest absolute Gasteiger partial charge is 0.490 e. The molecule has 3 aromatic carbocycles. The van der Waals surface area contributed by atoms with E-state index in [4.69, 9.17) is 37.3 Å². The molecule has 12 heteroatoms. The summed E-state index contributed by atoms with van der Waals surface area (Å²) in [6.45, 7) is 17.2. The molecule has 0 atom stereocenters. The van der Waals surface area contributed by atoms with Crippen LogP contribution < -0.4 is 28.4 Å². The van der Waals surface area contributed by atoms with Gasteiger partial charge >= 0.3 is 0 Å². The van der Waals surface area contributed by atoms with Gasteiger partial charge in [0.1, 0.15) is 0 Å². The molecule has 0 bridgehead atoms. The Morgan fingerprint density at radius 3 is 0.585 bits per heavy atom. The smallest absolute Gasteiger partial charge is 0.248 e. The number of unbranched alkanes of at least 4 members (excludes halogenated alkanes) is 42. The van der Waals surface area contributed by atoms with Gasteiger partial charge in [0.15, 0.2) is 23.0 Å². The maximum atomic E-state index is 6.69. The maximum Gasteiger partial charge on any atom is 0.248 e. The molecule has 0 amide bonds. The first-order valence-electron chi connectivity index (χ1n) is 39.4. The lowest BCUT2D eigenvalue weighted by Gasteiger charge is -2.18. The number of nitrogens with zero attached hydrogens (tertiary/aromatic N) is 4. The van der Waals surface area contributed by atoms with Gasteiger partial charge in [0, 0.05) is 22.3 Å². The third-order valence-corrected chi connectivity index (χ3v) is 18.3. The van der Waals surface area contributed by atoms with E-state index >= 15 is 0 Å². The van der Waals surface area contributed by atoms with E-state index in [1.165, 1.54) is 231 Å². The van der Waals surface area contributed by atoms with E-state index in [9.17, 15) is 0 Å². The third kappa shape index (κ3) is 34.1. The van der Waals surface area contributed by atoms with Gasteiger partial charge in [-0.05, 0) is 87.1 Å². The van der Waals surface area contributed by atoms with E-state index < -0.39 is 0 Å². The molecule has 0 N–H and O–H groups in total. The van der Waals surface area contributed by atoms with Crippen molar-refractivity contribution in [3.05, 3.63) is 48.5 Å². The lowest BCUT2D eigenvalue weighted by molar-refractivity contribution is 0.234. The molecular formula is C82H134N4O8. The van der Waals surface area contributed by atoms with Crippen LogP contribution in [0, 0.1) is 0 Å². The summed E-state index contributed by atoms with van der Waals surface area (Å²) in [4.78, 5) is 0. The Morgan fingerprint density at radius 1 is 0.213 bits per heavy atom. The number of aromatic nitrogens is 4. The highest BCUT2D eigenvalue weighted by atomic mass is 16.5. The highest BCUT2D eigenvalue weighted by Gasteiger charge is 2.23. The fraction of sp³-hybridized carbons (Fsp3) is 0.732. The Kier molecular flexibility index (Phi) is 45.5. The lowest BCUT2D eigenvalue weighted by Crippen LogP contribution is -2.07. The second-order valence-corrected chi connectivity index (χ2v) is 26.9. The SMILES string of the molecule is CCCCCCCCCCOc1cc(-c2nnc(-c3ccc(-c4nnc(-c5cc(OCCCCCCCCCC)c(OCCCCCCCCCC)c(OCCCCCCCCCC)c5)o4)cc3)o2)cc(OCCCCCCCCCC)c1OCCCCCCCCCC. The monoisotopic (exact) mass is 1300 g/mol. The van der Waals surface area contributed by atoms with E-state index in [0.29, 0.717) is 97.7 Å². The Bertz CT molecular complexity index is 2320. The fourth-order valence-electron chi connectivity index (χ4n) is 12.3. The molecule has 0 saturated carbocycles. The Hall–Kier alpha value is -5.26. The normalized spacial score (nSPS) is 11.5. The molecule has 0 aliphatic heterocycles. The minimum atomic E-state index is 0.385. The first kappa shape index (κ1) is 79.4. The molecule has 530 valence electrons. The molecule has 0 saturated heterocycles. The molecule has 12 nitrogen and oxygen atoms in total. The average molecular weight is 1300 g/mol. The van der Waals surface area contributed by atoms with E-state index in [1.807, 2.05) is 48.5 Å². The van der Waals surface area contributed by atoms with Crippen LogP contribution in [0.5, 0.6) is 34.5 Å². The molecule has 2 heterocycles. The second kappa shape index (κ2) is 53.8. The highest BCUT2D eigenvalue weighted by Crippen LogP contribution is 2.45. The minimum absolute atomic E-state index is 0.385. The molecule has 0 aliphatic carbocycles. The van der Waals surface area contributed by atoms with Crippen molar-refractivity contribution in [3.63, 3.8) is 0 Å². The van der Waals surface area contributed by atoms with Gasteiger partial charge in [-0.2, -0.15) is 0 Å². The predicted molar refractivity (Wildman–Crippen MR) is 393 cm³/mol. The first-order valence-corrected chi connectivity index (χ1v) is 39.4. The number of rotatable bonds is 64. The van der Waals surface area contributed by atoms with Gasteiger partial charge in [-0.25, -0.2) is 0 Å². The number of ether oxygens (including phenoxy) is 6. The average Bonchev–Trinajstić information content (AvgIpc) is 1.54. The summed E-state index contributed by atoms with van der Waals surface area (Å²) in [5, 5.41) is 18.4. The summed E-state index contributed by atoms with van der Waals surface area (Å²) < 4.78 is 53.2. The predicted octanol–water partition coefficient (Wildman–Crippen LogP) is 26.2. The molecule has 5 rings (SSSR count). The van der Waals surface area contributed by atoms with Crippen LogP contribution in [0.15, 0.2) is 57.4 Å². The van der Waals surface area contributed by atoms with Gasteiger partial charge in [-0.1, -0.05) is 311 Å². The van der Waals surface area contributed by atoms with Crippen molar-refractivity contribution in [2.24, 2.45) is 0 Å². The Balaban J connectivity index is 1.36. The summed E-state index contributed by atoms with van der Waals surface area (Å²) in [6, 6.07) is 15.8. The van der Waals surface area contributed by atoms with Crippen LogP contribution >= 0.6 is 0 Å². The van der Waals surface area contributed by atoms with Crippen LogP contribution in [0.1, 0.15) is 350 Å². The van der Waals surface area contributed by atoms with Crippen molar-refractivity contribution < 1.29 is 37.3 Å². The minimum Gasteiger partial charge on any atom is -0.490 e. The van der Waals surface area contributed by atoms with Crippen molar-refractivity contribution >= 4 is 0 Å². The van der Waals surface area contributed by atoms with Crippen molar-refractivity contribution in [2.75, 3.05) is 39.6 Å². The molecule has 0 aliphatic rings. The van der Waals surface area contributed by atoms with E-state index in [1.54, 1.807) is 0 Å². The Labute approximate surface area is 573 Å². The van der Waals surface area contributed by atoms with Crippen molar-refractivity contribution in [1.29, 1.82) is 0 Å². The highest BCUT2D eigenvalue weighted by molar-refractivity contribution is 5.69. The number of hydrogen-bond acceptors (Lipinski definition) is 12. The quantitative estimate of drug-likeness (QED) is 0.0343. The standard InChI is InChI=1S/C82H134N4O8/c1-7-13-19-25-31-37-43-49-59-87-73-65-71(66-74(88-60-50-44-38-32-26-20-14-8-2)77(73)91-63-53-47-41-35-29-23-17-11-5)81-85-83-79(93-81)69-55-57-70(58-56-69)80-84-86-82(94-80)72-67-75(89-61-51-45-39-33-27-21-15-9-3)78(92-64-54-48-42-36-30-24-18-12-6)76(68-72)90-62-52-46-40-34-28-22-16-10-4/h55-58,65-68H,7-54,59-64H2,1-6H3. The van der Waals surface area contributed by atoms with Gasteiger partial charge in [-0.3, -0.25) is 0 Å². The maximum absolute atomic E-state index is 6.69. The van der Waals surface area contributed by atoms with Gasteiger partial charge in [0.25, 0.3) is 0 Å². The molecule has 0 unspecified atom stereocenters. The molecule has 94 heavy (non-hydrogen) atoms. The van der Waals surface area contributed by atoms with E-state index in [-0.39, 0.29) is 0 Å². The summed E-state index contributed by atoms with van der Waals surface area (Å²) in [5.74, 6) is 5.57. The van der Waals surface area contributed by atoms with Crippen molar-refractivity contribution in [3.8, 4) is 80.3 Å². The van der Waals surface area contributed by atoms with E-state index in [2.05, 4.69) is 61.9 Å². The van der Waals surface area contributed by atoms with Gasteiger partial charge in [0.05, 0.1) is 39.6 Å². The van der Waals surface area contributed by atoms with Gasteiger partial charge < -0.3 is 37.3 Å². The van der Waals surface area contributed by atoms with Crippen molar-refractivity contribution in [2.45, 2.75) is 350 Å². The summed E-state index contributed by atoms with van der Waals surface area (Å²) in [5.41, 5.74) is 3.00. The zero-order valence-electron chi connectivity index (χ0n) is 60.9. The van der Waals surface area contributed by atoms with Gasteiger partial charge in [-0.15, -0.1) is 20.4 Å². The Morgan fingerprint density at radius 2 is 0.383 bits per heavy atom. The third-order valence-electron chi connectivity index (χ3n) is 18.3. The van der Waals surface area contributed by atoms with Crippen LogP contribution in [-0.2, 0) is 0 Å². The van der Waals surface area contributed by atoms with E-state index in [0.717, 1.165) is 99.3 Å². The van der Waals surface area contributed by atoms with Crippen LogP contribution in [0.2, 0.25) is 0 Å². The number of hydrogen-bond donors (Lipinski definition) is 0. The van der Waals surface area contributed by atoms with Gasteiger partial charge in [0.2, 0.25) is 35.1 Å². The van der Waals surface area contributed by atoms with Crippen LogP contribution in [0.4, 0.5) is 0 Å². The molecular weight excluding hydrogens is 1170 g/mol. The summed E-state index contributed by atoms with van der Waals surface area (Å²) in [7, 11) is 0. The summed E-state index contributed by atoms with van der Waals surface area (Å²) in [6.07, 6.45) is 59.1. The molecule has 5 aromatic rings. The zero-order chi connectivity index (χ0) is 66.4. The fourth-order valence-corrected chi connectivity index (χ4v) is 12.3. The van der Waals surface area contributed by atoms with Crippen LogP contribution in [0.3, 0.4) is 0 Å². The molecule has 2 aromatic heterocycles. The molecule has 0 radical (unpaired) electrons. The number of benzene rings is 3. The van der Waals surface area contributed by atoms with Crippen molar-refractivity contribution in [1.82, 2.24) is 20.4 Å². The topological polar surface area (TPSA) is 133 Å². The van der Waals surface area contributed by atoms with Crippen LogP contribution in [0.25, 0.3) is 45.8 Å².